The van der Waals surface area contributed by atoms with Crippen LogP contribution in [0.3, 0.4) is 0 Å². The molecule has 0 aliphatic rings. The van der Waals surface area contributed by atoms with E-state index in [1.165, 1.54) is 18.3 Å². The zero-order chi connectivity index (χ0) is 11.3. The van der Waals surface area contributed by atoms with E-state index in [0.717, 1.165) is 0 Å². The summed E-state index contributed by atoms with van der Waals surface area (Å²) in [5.74, 6) is -1.45. The van der Waals surface area contributed by atoms with Crippen LogP contribution in [-0.2, 0) is 0 Å². The Bertz CT molecular complexity index is 400. The molecule has 0 spiro atoms. The van der Waals surface area contributed by atoms with Crippen molar-refractivity contribution in [3.05, 3.63) is 29.8 Å². The Balaban J connectivity index is 2.79. The molecule has 0 aromatic carbocycles. The number of rotatable bonds is 3. The van der Waals surface area contributed by atoms with Crippen molar-refractivity contribution in [1.82, 2.24) is 10.3 Å². The lowest BCUT2D eigenvalue weighted by Crippen LogP contribution is -2.33. The van der Waals surface area contributed by atoms with Crippen LogP contribution in [0.1, 0.15) is 23.7 Å². The molecule has 15 heavy (non-hydrogen) atoms. The van der Waals surface area contributed by atoms with E-state index in [1.54, 1.807) is 6.92 Å². The van der Waals surface area contributed by atoms with Crippen LogP contribution >= 0.6 is 0 Å². The van der Waals surface area contributed by atoms with Crippen LogP contribution in [0, 0.1) is 17.3 Å². The van der Waals surface area contributed by atoms with Crippen molar-refractivity contribution in [3.63, 3.8) is 0 Å². The van der Waals surface area contributed by atoms with Gasteiger partial charge in [-0.15, -0.1) is 0 Å². The Morgan fingerprint density at radius 1 is 1.80 bits per heavy atom. The number of nitrogens with one attached hydrogen (secondary N) is 1. The Morgan fingerprint density at radius 3 is 3.07 bits per heavy atom. The molecular formula is C10H10FN3O. The Kier molecular flexibility index (Phi) is 3.75. The van der Waals surface area contributed by atoms with Crippen molar-refractivity contribution in [2.75, 3.05) is 0 Å². The summed E-state index contributed by atoms with van der Waals surface area (Å²) >= 11 is 0. The van der Waals surface area contributed by atoms with E-state index < -0.39 is 17.9 Å². The zero-order valence-corrected chi connectivity index (χ0v) is 8.20. The molecule has 4 nitrogen and oxygen atoms in total. The summed E-state index contributed by atoms with van der Waals surface area (Å²) in [6.45, 7) is 1.76. The van der Waals surface area contributed by atoms with Crippen molar-refractivity contribution in [1.29, 1.82) is 5.26 Å². The maximum Gasteiger partial charge on any atom is 0.256 e. The number of nitriles is 1. The lowest BCUT2D eigenvalue weighted by atomic mass is 10.2. The van der Waals surface area contributed by atoms with E-state index in [4.69, 9.17) is 5.26 Å². The number of hydrogen-bond acceptors (Lipinski definition) is 3. The maximum atomic E-state index is 13.0. The van der Waals surface area contributed by atoms with Crippen molar-refractivity contribution in [2.24, 2.45) is 0 Å². The molecule has 78 valence electrons. The minimum atomic E-state index is -0.831. The van der Waals surface area contributed by atoms with Gasteiger partial charge in [0.25, 0.3) is 5.91 Å². The van der Waals surface area contributed by atoms with Gasteiger partial charge in [-0.1, -0.05) is 6.92 Å². The van der Waals surface area contributed by atoms with E-state index in [0.29, 0.717) is 6.42 Å². The molecule has 1 aromatic rings. The third-order valence-corrected chi connectivity index (χ3v) is 1.87. The summed E-state index contributed by atoms with van der Waals surface area (Å²) in [5.41, 5.74) is -0.147. The first-order valence-electron chi connectivity index (χ1n) is 4.50. The summed E-state index contributed by atoms with van der Waals surface area (Å²) in [6.07, 6.45) is 1.73. The molecule has 0 radical (unpaired) electrons. The number of halogens is 1. The Morgan fingerprint density at radius 2 is 2.53 bits per heavy atom. The van der Waals surface area contributed by atoms with Gasteiger partial charge >= 0.3 is 0 Å². The Labute approximate surface area is 86.7 Å². The molecule has 1 amide bonds. The van der Waals surface area contributed by atoms with Gasteiger partial charge in [0.05, 0.1) is 11.6 Å². The normalized spacial score (nSPS) is 11.5. The summed E-state index contributed by atoms with van der Waals surface area (Å²) in [5, 5.41) is 11.0. The molecule has 1 heterocycles. The number of carbonyl (C=O) groups is 1. The monoisotopic (exact) mass is 207 g/mol. The van der Waals surface area contributed by atoms with Crippen molar-refractivity contribution < 1.29 is 9.18 Å². The second-order valence-electron chi connectivity index (χ2n) is 2.91. The van der Waals surface area contributed by atoms with Gasteiger partial charge in [0.2, 0.25) is 5.95 Å². The predicted molar refractivity (Wildman–Crippen MR) is 51.4 cm³/mol. The minimum Gasteiger partial charge on any atom is -0.336 e. The quantitative estimate of drug-likeness (QED) is 0.758. The molecular weight excluding hydrogens is 197 g/mol. The summed E-state index contributed by atoms with van der Waals surface area (Å²) in [4.78, 5) is 14.8. The highest BCUT2D eigenvalue weighted by atomic mass is 19.1. The van der Waals surface area contributed by atoms with E-state index >= 15 is 0 Å². The average Bonchev–Trinajstić information content (AvgIpc) is 2.26. The SMILES string of the molecule is CCC(C#N)NC(=O)c1cccnc1F. The number of hydrogen-bond donors (Lipinski definition) is 1. The first kappa shape index (κ1) is 11.1. The number of amides is 1. The molecule has 0 bridgehead atoms. The number of pyridine rings is 1. The van der Waals surface area contributed by atoms with Crippen LogP contribution in [0.4, 0.5) is 4.39 Å². The van der Waals surface area contributed by atoms with Crippen LogP contribution in [0.15, 0.2) is 18.3 Å². The molecule has 1 N–H and O–H groups in total. The molecule has 0 aliphatic carbocycles. The first-order valence-corrected chi connectivity index (χ1v) is 4.50. The predicted octanol–water partition coefficient (Wildman–Crippen LogP) is 1.25. The highest BCUT2D eigenvalue weighted by Gasteiger charge is 2.15. The lowest BCUT2D eigenvalue weighted by Gasteiger charge is -2.08. The highest BCUT2D eigenvalue weighted by molar-refractivity contribution is 5.94. The van der Waals surface area contributed by atoms with Crippen LogP contribution in [0.2, 0.25) is 0 Å². The minimum absolute atomic E-state index is 0.147. The number of carbonyl (C=O) groups excluding carboxylic acids is 1. The summed E-state index contributed by atoms with van der Waals surface area (Å²) < 4.78 is 13.0. The molecule has 0 saturated carbocycles. The van der Waals surface area contributed by atoms with Crippen LogP contribution in [-0.4, -0.2) is 16.9 Å². The fraction of sp³-hybridized carbons (Fsp3) is 0.300. The second-order valence-corrected chi connectivity index (χ2v) is 2.91. The number of nitrogens with zero attached hydrogens (tertiary/aromatic N) is 2. The van der Waals surface area contributed by atoms with Crippen molar-refractivity contribution >= 4 is 5.91 Å². The molecule has 1 aromatic heterocycles. The fourth-order valence-corrected chi connectivity index (χ4v) is 1.02. The van der Waals surface area contributed by atoms with Gasteiger partial charge in [0.15, 0.2) is 0 Å². The average molecular weight is 207 g/mol. The van der Waals surface area contributed by atoms with Gasteiger partial charge < -0.3 is 5.32 Å². The molecule has 1 atom stereocenters. The highest BCUT2D eigenvalue weighted by Crippen LogP contribution is 2.03. The molecule has 1 unspecified atom stereocenters. The molecule has 0 aliphatic heterocycles. The van der Waals surface area contributed by atoms with E-state index in [1.807, 2.05) is 6.07 Å². The topological polar surface area (TPSA) is 65.8 Å². The standard InChI is InChI=1S/C10H10FN3O/c1-2-7(6-12)14-10(15)8-4-3-5-13-9(8)11/h3-5,7H,2H2,1H3,(H,14,15). The van der Waals surface area contributed by atoms with Gasteiger partial charge in [0.1, 0.15) is 6.04 Å². The fourth-order valence-electron chi connectivity index (χ4n) is 1.02. The Hall–Kier alpha value is -1.96. The van der Waals surface area contributed by atoms with Crippen LogP contribution in [0.25, 0.3) is 0 Å². The maximum absolute atomic E-state index is 13.0. The van der Waals surface area contributed by atoms with Crippen LogP contribution in [0.5, 0.6) is 0 Å². The molecule has 1 rings (SSSR count). The summed E-state index contributed by atoms with van der Waals surface area (Å²) in [7, 11) is 0. The van der Waals surface area contributed by atoms with Gasteiger partial charge in [-0.2, -0.15) is 9.65 Å². The van der Waals surface area contributed by atoms with Crippen LogP contribution < -0.4 is 5.32 Å². The first-order chi connectivity index (χ1) is 7.19. The van der Waals surface area contributed by atoms with E-state index in [9.17, 15) is 9.18 Å². The zero-order valence-electron chi connectivity index (χ0n) is 8.20. The number of aromatic nitrogens is 1. The molecule has 0 fully saturated rings. The van der Waals surface area contributed by atoms with Crippen molar-refractivity contribution in [3.8, 4) is 6.07 Å². The van der Waals surface area contributed by atoms with Gasteiger partial charge in [-0.05, 0) is 18.6 Å². The van der Waals surface area contributed by atoms with Gasteiger partial charge in [0, 0.05) is 6.20 Å². The third kappa shape index (κ3) is 2.74. The largest absolute Gasteiger partial charge is 0.336 e. The molecule has 0 saturated heterocycles. The summed E-state index contributed by atoms with van der Waals surface area (Å²) in [6, 6.07) is 4.08. The third-order valence-electron chi connectivity index (χ3n) is 1.87. The smallest absolute Gasteiger partial charge is 0.256 e. The molecule has 5 heteroatoms. The second kappa shape index (κ2) is 5.05. The lowest BCUT2D eigenvalue weighted by molar-refractivity contribution is 0.0939. The van der Waals surface area contributed by atoms with Gasteiger partial charge in [-0.3, -0.25) is 4.79 Å². The van der Waals surface area contributed by atoms with Crippen molar-refractivity contribution in [2.45, 2.75) is 19.4 Å². The van der Waals surface area contributed by atoms with E-state index in [2.05, 4.69) is 10.3 Å². The van der Waals surface area contributed by atoms with Gasteiger partial charge in [-0.25, -0.2) is 4.98 Å². The van der Waals surface area contributed by atoms with E-state index in [-0.39, 0.29) is 5.56 Å².